The standard InChI is InChI=1S/C21H18Cl2FNO3S/c1-11(2)28-18(26)10-16(13-5-3-4-6-15(13)22)25-21(27)20-19(23)14-8-7-12(24)9-17(14)29-20/h3-9,11,16H,10H2,1-2H3,(H,25,27)/t16-/m0/s1. The maximum atomic E-state index is 13.5. The maximum absolute atomic E-state index is 13.5. The van der Waals surface area contributed by atoms with Gasteiger partial charge in [-0.2, -0.15) is 0 Å². The molecule has 1 aromatic heterocycles. The Bertz CT molecular complexity index is 1070. The van der Waals surface area contributed by atoms with Crippen LogP contribution in [0.3, 0.4) is 0 Å². The number of hydrogen-bond donors (Lipinski definition) is 1. The molecule has 0 bridgehead atoms. The summed E-state index contributed by atoms with van der Waals surface area (Å²) < 4.78 is 19.3. The van der Waals surface area contributed by atoms with Gasteiger partial charge in [-0.25, -0.2) is 4.39 Å². The smallest absolute Gasteiger partial charge is 0.308 e. The Hall–Kier alpha value is -2.15. The minimum atomic E-state index is -0.708. The van der Waals surface area contributed by atoms with Gasteiger partial charge in [-0.15, -0.1) is 11.3 Å². The summed E-state index contributed by atoms with van der Waals surface area (Å²) in [6, 6.07) is 10.4. The molecule has 1 amide bonds. The van der Waals surface area contributed by atoms with Gasteiger partial charge in [0.1, 0.15) is 10.7 Å². The predicted octanol–water partition coefficient (Wildman–Crippen LogP) is 6.16. The second-order valence-corrected chi connectivity index (χ2v) is 8.51. The van der Waals surface area contributed by atoms with Crippen LogP contribution in [0, 0.1) is 5.82 Å². The van der Waals surface area contributed by atoms with Crippen molar-refractivity contribution in [3.8, 4) is 0 Å². The number of carbonyl (C=O) groups is 2. The number of thiophene rings is 1. The topological polar surface area (TPSA) is 55.4 Å². The molecule has 8 heteroatoms. The van der Waals surface area contributed by atoms with E-state index in [-0.39, 0.29) is 22.4 Å². The largest absolute Gasteiger partial charge is 0.463 e. The summed E-state index contributed by atoms with van der Waals surface area (Å²) >= 11 is 13.7. The molecule has 0 saturated carbocycles. The van der Waals surface area contributed by atoms with Crippen LogP contribution < -0.4 is 5.32 Å². The van der Waals surface area contributed by atoms with Gasteiger partial charge in [-0.05, 0) is 43.7 Å². The fourth-order valence-electron chi connectivity index (χ4n) is 2.88. The Morgan fingerprint density at radius 3 is 2.59 bits per heavy atom. The van der Waals surface area contributed by atoms with Crippen LogP contribution in [0.25, 0.3) is 10.1 Å². The highest BCUT2D eigenvalue weighted by Crippen LogP contribution is 2.36. The van der Waals surface area contributed by atoms with Crippen LogP contribution in [0.2, 0.25) is 10.0 Å². The summed E-state index contributed by atoms with van der Waals surface area (Å²) in [6.07, 6.45) is -0.373. The van der Waals surface area contributed by atoms with Gasteiger partial charge in [0.05, 0.1) is 23.6 Å². The van der Waals surface area contributed by atoms with Gasteiger partial charge in [0.2, 0.25) is 0 Å². The highest BCUT2D eigenvalue weighted by Gasteiger charge is 2.25. The lowest BCUT2D eigenvalue weighted by Crippen LogP contribution is -2.31. The molecule has 1 N–H and O–H groups in total. The first-order chi connectivity index (χ1) is 13.8. The summed E-state index contributed by atoms with van der Waals surface area (Å²) in [5, 5.41) is 4.07. The number of ether oxygens (including phenoxy) is 1. The molecule has 0 aliphatic rings. The summed E-state index contributed by atoms with van der Waals surface area (Å²) in [7, 11) is 0. The van der Waals surface area contributed by atoms with E-state index in [0.29, 0.717) is 20.7 Å². The molecule has 0 aliphatic heterocycles. The van der Waals surface area contributed by atoms with Crippen LogP contribution in [0.5, 0.6) is 0 Å². The first kappa shape index (κ1) is 21.6. The fraction of sp³-hybridized carbons (Fsp3) is 0.238. The van der Waals surface area contributed by atoms with Crippen molar-refractivity contribution in [2.45, 2.75) is 32.4 Å². The molecule has 0 saturated heterocycles. The zero-order valence-corrected chi connectivity index (χ0v) is 18.0. The molecule has 4 nitrogen and oxygen atoms in total. The second-order valence-electron chi connectivity index (χ2n) is 6.68. The molecule has 0 fully saturated rings. The number of amides is 1. The summed E-state index contributed by atoms with van der Waals surface area (Å²) in [5.74, 6) is -1.35. The maximum Gasteiger partial charge on any atom is 0.308 e. The third kappa shape index (κ3) is 5.07. The molecule has 0 aliphatic carbocycles. The predicted molar refractivity (Wildman–Crippen MR) is 114 cm³/mol. The second kappa shape index (κ2) is 9.11. The van der Waals surface area contributed by atoms with Crippen molar-refractivity contribution in [3.63, 3.8) is 0 Å². The Kier molecular flexibility index (Phi) is 6.77. The first-order valence-corrected chi connectivity index (χ1v) is 10.5. The molecule has 0 radical (unpaired) electrons. The Morgan fingerprint density at radius 2 is 1.90 bits per heavy atom. The molecular formula is C21H18Cl2FNO3S. The molecule has 152 valence electrons. The third-order valence-electron chi connectivity index (χ3n) is 4.12. The van der Waals surface area contributed by atoms with Crippen LogP contribution in [0.4, 0.5) is 4.39 Å². The van der Waals surface area contributed by atoms with Crippen LogP contribution >= 0.6 is 34.5 Å². The van der Waals surface area contributed by atoms with Crippen molar-refractivity contribution < 1.29 is 18.7 Å². The number of nitrogens with one attached hydrogen (secondary N) is 1. The van der Waals surface area contributed by atoms with E-state index in [4.69, 9.17) is 27.9 Å². The van der Waals surface area contributed by atoms with Crippen molar-refractivity contribution in [1.82, 2.24) is 5.32 Å². The molecule has 3 rings (SSSR count). The Balaban J connectivity index is 1.91. The van der Waals surface area contributed by atoms with Gasteiger partial charge in [-0.3, -0.25) is 9.59 Å². The van der Waals surface area contributed by atoms with E-state index in [2.05, 4.69) is 5.32 Å². The van der Waals surface area contributed by atoms with E-state index in [0.717, 1.165) is 11.3 Å². The average Bonchev–Trinajstić information content (AvgIpc) is 2.97. The van der Waals surface area contributed by atoms with Gasteiger partial charge in [0, 0.05) is 15.1 Å². The number of carbonyl (C=O) groups excluding carboxylic acids is 2. The SMILES string of the molecule is CC(C)OC(=O)C[C@H](NC(=O)c1sc2cc(F)ccc2c1Cl)c1ccccc1Cl. The van der Waals surface area contributed by atoms with E-state index < -0.39 is 23.7 Å². The quantitative estimate of drug-likeness (QED) is 0.454. The first-order valence-electron chi connectivity index (χ1n) is 8.88. The Labute approximate surface area is 181 Å². The van der Waals surface area contributed by atoms with Crippen molar-refractivity contribution in [2.24, 2.45) is 0 Å². The van der Waals surface area contributed by atoms with Crippen LogP contribution in [0.1, 0.15) is 41.5 Å². The van der Waals surface area contributed by atoms with E-state index in [1.165, 1.54) is 18.2 Å². The Morgan fingerprint density at radius 1 is 1.17 bits per heavy atom. The molecule has 29 heavy (non-hydrogen) atoms. The minimum absolute atomic E-state index is 0.0925. The number of hydrogen-bond acceptors (Lipinski definition) is 4. The third-order valence-corrected chi connectivity index (χ3v) is 6.12. The number of benzene rings is 2. The number of esters is 1. The lowest BCUT2D eigenvalue weighted by molar-refractivity contribution is -0.147. The molecule has 0 unspecified atom stereocenters. The van der Waals surface area contributed by atoms with Gasteiger partial charge in [-0.1, -0.05) is 41.4 Å². The molecule has 2 aromatic carbocycles. The minimum Gasteiger partial charge on any atom is -0.463 e. The summed E-state index contributed by atoms with van der Waals surface area (Å²) in [5.41, 5.74) is 0.589. The van der Waals surface area contributed by atoms with Crippen LogP contribution in [0.15, 0.2) is 42.5 Å². The van der Waals surface area contributed by atoms with E-state index in [1.54, 1.807) is 38.1 Å². The van der Waals surface area contributed by atoms with Crippen molar-refractivity contribution in [3.05, 3.63) is 68.8 Å². The van der Waals surface area contributed by atoms with E-state index in [1.807, 2.05) is 0 Å². The normalized spacial score (nSPS) is 12.2. The van der Waals surface area contributed by atoms with Crippen LogP contribution in [-0.2, 0) is 9.53 Å². The van der Waals surface area contributed by atoms with Gasteiger partial charge in [0.15, 0.2) is 0 Å². The summed E-state index contributed by atoms with van der Waals surface area (Å²) in [6.45, 7) is 3.49. The fourth-order valence-corrected chi connectivity index (χ4v) is 4.60. The lowest BCUT2D eigenvalue weighted by atomic mass is 10.0. The monoisotopic (exact) mass is 453 g/mol. The average molecular weight is 454 g/mol. The highest BCUT2D eigenvalue weighted by atomic mass is 35.5. The molecule has 3 aromatic rings. The van der Waals surface area contributed by atoms with E-state index in [9.17, 15) is 14.0 Å². The van der Waals surface area contributed by atoms with Gasteiger partial charge >= 0.3 is 5.97 Å². The molecule has 1 heterocycles. The zero-order chi connectivity index (χ0) is 21.1. The molecular weight excluding hydrogens is 436 g/mol. The number of halogens is 3. The van der Waals surface area contributed by atoms with E-state index >= 15 is 0 Å². The van der Waals surface area contributed by atoms with Crippen molar-refractivity contribution in [1.29, 1.82) is 0 Å². The number of fused-ring (bicyclic) bond motifs is 1. The highest BCUT2D eigenvalue weighted by molar-refractivity contribution is 7.21. The zero-order valence-electron chi connectivity index (χ0n) is 15.7. The lowest BCUT2D eigenvalue weighted by Gasteiger charge is -2.20. The summed E-state index contributed by atoms with van der Waals surface area (Å²) in [4.78, 5) is 25.4. The van der Waals surface area contributed by atoms with Crippen molar-refractivity contribution >= 4 is 56.5 Å². The molecule has 0 spiro atoms. The molecule has 1 atom stereocenters. The van der Waals surface area contributed by atoms with Crippen molar-refractivity contribution in [2.75, 3.05) is 0 Å². The van der Waals surface area contributed by atoms with Crippen LogP contribution in [-0.4, -0.2) is 18.0 Å². The van der Waals surface area contributed by atoms with Gasteiger partial charge in [0.25, 0.3) is 5.91 Å². The number of rotatable bonds is 6. The van der Waals surface area contributed by atoms with Gasteiger partial charge < -0.3 is 10.1 Å².